The molecule has 4 aromatic heterocycles. The molecule has 0 fully saturated rings. The maximum atomic E-state index is 12.6. The first kappa shape index (κ1) is 19.6. The number of anilines is 1. The number of halogens is 1. The summed E-state index contributed by atoms with van der Waals surface area (Å²) in [7, 11) is 0. The van der Waals surface area contributed by atoms with Gasteiger partial charge in [0.1, 0.15) is 23.9 Å². The molecule has 12 heteroatoms. The van der Waals surface area contributed by atoms with Gasteiger partial charge in [-0.15, -0.1) is 0 Å². The maximum Gasteiger partial charge on any atom is 0.266 e. The van der Waals surface area contributed by atoms with Crippen LogP contribution in [0.4, 0.5) is 5.82 Å². The van der Waals surface area contributed by atoms with E-state index >= 15 is 0 Å². The van der Waals surface area contributed by atoms with Gasteiger partial charge in [0.05, 0.1) is 11.2 Å². The molecule has 0 radical (unpaired) electrons. The van der Waals surface area contributed by atoms with Gasteiger partial charge in [-0.1, -0.05) is 11.6 Å². The molecule has 1 atom stereocenters. The molecule has 1 amide bonds. The molecule has 0 saturated carbocycles. The molecule has 0 aliphatic heterocycles. The molecule has 4 aromatic rings. The summed E-state index contributed by atoms with van der Waals surface area (Å²) in [6.45, 7) is -0.265. The molecule has 2 N–H and O–H groups in total. The second kappa shape index (κ2) is 8.76. The van der Waals surface area contributed by atoms with Crippen LogP contribution >= 0.6 is 11.6 Å². The fourth-order valence-corrected chi connectivity index (χ4v) is 2.87. The number of nitrogens with zero attached hydrogens (tertiary/aromatic N) is 7. The van der Waals surface area contributed by atoms with Crippen molar-refractivity contribution in [1.82, 2.24) is 34.7 Å². The van der Waals surface area contributed by atoms with Gasteiger partial charge in [0.2, 0.25) is 5.88 Å². The molecule has 11 nitrogen and oxygen atoms in total. The summed E-state index contributed by atoms with van der Waals surface area (Å²) in [4.78, 5) is 32.9. The molecule has 0 aliphatic rings. The number of pyridine rings is 1. The third-order valence-corrected chi connectivity index (χ3v) is 4.33. The second-order valence-electron chi connectivity index (χ2n) is 5.98. The Morgan fingerprint density at radius 1 is 1.20 bits per heavy atom. The van der Waals surface area contributed by atoms with E-state index in [-0.39, 0.29) is 18.9 Å². The molecule has 30 heavy (non-hydrogen) atoms. The SMILES string of the molecule is O=C(Nc1ccncn1)C(CCO)Oc1ncnc2c1cnn2-c1ncccc1Cl. The minimum Gasteiger partial charge on any atom is -0.464 e. The summed E-state index contributed by atoms with van der Waals surface area (Å²) < 4.78 is 7.26. The highest BCUT2D eigenvalue weighted by Crippen LogP contribution is 2.26. The van der Waals surface area contributed by atoms with E-state index in [1.54, 1.807) is 18.3 Å². The van der Waals surface area contributed by atoms with Gasteiger partial charge in [-0.2, -0.15) is 9.78 Å². The van der Waals surface area contributed by atoms with Gasteiger partial charge < -0.3 is 15.2 Å². The highest BCUT2D eigenvalue weighted by atomic mass is 35.5. The summed E-state index contributed by atoms with van der Waals surface area (Å²) in [5, 5.41) is 17.1. The first-order chi connectivity index (χ1) is 14.7. The Kier molecular flexibility index (Phi) is 5.72. The van der Waals surface area contributed by atoms with E-state index in [9.17, 15) is 9.90 Å². The Morgan fingerprint density at radius 2 is 2.10 bits per heavy atom. The fourth-order valence-electron chi connectivity index (χ4n) is 2.67. The van der Waals surface area contributed by atoms with Gasteiger partial charge in [-0.05, 0) is 18.2 Å². The van der Waals surface area contributed by atoms with Crippen molar-refractivity contribution in [3.05, 3.63) is 54.5 Å². The number of aliphatic hydroxyl groups excluding tert-OH is 1. The molecule has 4 rings (SSSR count). The summed E-state index contributed by atoms with van der Waals surface area (Å²) in [6, 6.07) is 4.93. The van der Waals surface area contributed by atoms with E-state index in [4.69, 9.17) is 16.3 Å². The maximum absolute atomic E-state index is 12.6. The smallest absolute Gasteiger partial charge is 0.266 e. The lowest BCUT2D eigenvalue weighted by Gasteiger charge is -2.17. The molecule has 1 unspecified atom stereocenters. The van der Waals surface area contributed by atoms with Crippen molar-refractivity contribution in [2.24, 2.45) is 0 Å². The van der Waals surface area contributed by atoms with Crippen LogP contribution in [0, 0.1) is 0 Å². The molecule has 152 valence electrons. The number of aliphatic hydroxyl groups is 1. The van der Waals surface area contributed by atoms with Gasteiger partial charge in [0.25, 0.3) is 5.91 Å². The van der Waals surface area contributed by atoms with Gasteiger partial charge in [0.15, 0.2) is 17.6 Å². The Balaban J connectivity index is 1.63. The standard InChI is InChI=1S/C18H15ClN8O3/c19-12-2-1-5-21-16(12)27-15-11(8-25-27)18(24-10-23-15)30-13(4-7-28)17(29)26-14-3-6-20-9-22-14/h1-3,5-6,8-10,13,28H,4,7H2,(H,20,22,26,29). The van der Waals surface area contributed by atoms with Gasteiger partial charge in [0, 0.05) is 25.4 Å². The van der Waals surface area contributed by atoms with Gasteiger partial charge in [-0.3, -0.25) is 4.79 Å². The third-order valence-electron chi connectivity index (χ3n) is 4.04. The number of aromatic nitrogens is 7. The third kappa shape index (κ3) is 4.02. The lowest BCUT2D eigenvalue weighted by atomic mass is 10.2. The van der Waals surface area contributed by atoms with Crippen molar-refractivity contribution in [3.8, 4) is 11.7 Å². The molecule has 0 bridgehead atoms. The van der Waals surface area contributed by atoms with E-state index in [0.29, 0.717) is 27.7 Å². The minimum atomic E-state index is -1.02. The van der Waals surface area contributed by atoms with Crippen LogP contribution in [0.15, 0.2) is 49.4 Å². The summed E-state index contributed by atoms with van der Waals surface area (Å²) >= 11 is 6.21. The van der Waals surface area contributed by atoms with Crippen LogP contribution in [-0.4, -0.2) is 58.4 Å². The molecule has 0 saturated heterocycles. The monoisotopic (exact) mass is 426 g/mol. The Bertz CT molecular complexity index is 1170. The fraction of sp³-hybridized carbons (Fsp3) is 0.167. The largest absolute Gasteiger partial charge is 0.464 e. The zero-order valence-electron chi connectivity index (χ0n) is 15.4. The van der Waals surface area contributed by atoms with Crippen LogP contribution in [0.25, 0.3) is 16.9 Å². The zero-order chi connectivity index (χ0) is 20.9. The number of fused-ring (bicyclic) bond motifs is 1. The van der Waals surface area contributed by atoms with E-state index in [2.05, 4.69) is 35.3 Å². The van der Waals surface area contributed by atoms with Crippen molar-refractivity contribution < 1.29 is 14.6 Å². The van der Waals surface area contributed by atoms with Crippen molar-refractivity contribution in [2.75, 3.05) is 11.9 Å². The normalized spacial score (nSPS) is 11.9. The number of ether oxygens (including phenoxy) is 1. The van der Waals surface area contributed by atoms with Crippen LogP contribution in [0.3, 0.4) is 0 Å². The quantitative estimate of drug-likeness (QED) is 0.448. The van der Waals surface area contributed by atoms with Crippen LogP contribution in [0.1, 0.15) is 6.42 Å². The average molecular weight is 427 g/mol. The number of carbonyl (C=O) groups excluding carboxylic acids is 1. The average Bonchev–Trinajstić information content (AvgIpc) is 3.19. The number of nitrogens with one attached hydrogen (secondary N) is 1. The topological polar surface area (TPSA) is 141 Å². The summed E-state index contributed by atoms with van der Waals surface area (Å²) in [5.74, 6) is 0.350. The molecule has 4 heterocycles. The Hall–Kier alpha value is -3.70. The number of rotatable bonds is 7. The summed E-state index contributed by atoms with van der Waals surface area (Å²) in [6.07, 6.45) is 6.19. The number of amides is 1. The predicted molar refractivity (Wildman–Crippen MR) is 106 cm³/mol. The lowest BCUT2D eigenvalue weighted by Crippen LogP contribution is -2.34. The van der Waals surface area contributed by atoms with Crippen LogP contribution in [0.2, 0.25) is 5.02 Å². The van der Waals surface area contributed by atoms with E-state index in [0.717, 1.165) is 0 Å². The zero-order valence-corrected chi connectivity index (χ0v) is 16.1. The highest BCUT2D eigenvalue weighted by molar-refractivity contribution is 6.32. The number of carbonyl (C=O) groups is 1. The van der Waals surface area contributed by atoms with Crippen molar-refractivity contribution in [1.29, 1.82) is 0 Å². The van der Waals surface area contributed by atoms with Crippen molar-refractivity contribution in [2.45, 2.75) is 12.5 Å². The summed E-state index contributed by atoms with van der Waals surface area (Å²) in [5.41, 5.74) is 0.402. The molecular weight excluding hydrogens is 412 g/mol. The minimum absolute atomic E-state index is 0.0443. The number of hydrogen-bond donors (Lipinski definition) is 2. The van der Waals surface area contributed by atoms with Gasteiger partial charge in [-0.25, -0.2) is 24.9 Å². The first-order valence-electron chi connectivity index (χ1n) is 8.81. The van der Waals surface area contributed by atoms with E-state index in [1.165, 1.54) is 35.8 Å². The van der Waals surface area contributed by atoms with Gasteiger partial charge >= 0.3 is 0 Å². The molecule has 0 aliphatic carbocycles. The lowest BCUT2D eigenvalue weighted by molar-refractivity contribution is -0.123. The van der Waals surface area contributed by atoms with E-state index in [1.807, 2.05) is 0 Å². The number of hydrogen-bond acceptors (Lipinski definition) is 9. The molecule has 0 aromatic carbocycles. The van der Waals surface area contributed by atoms with E-state index < -0.39 is 12.0 Å². The Morgan fingerprint density at radius 3 is 2.87 bits per heavy atom. The Labute approximate surface area is 174 Å². The first-order valence-corrected chi connectivity index (χ1v) is 9.19. The van der Waals surface area contributed by atoms with Crippen LogP contribution in [0.5, 0.6) is 5.88 Å². The second-order valence-corrected chi connectivity index (χ2v) is 6.39. The molecular formula is C18H15ClN8O3. The van der Waals surface area contributed by atoms with Crippen molar-refractivity contribution >= 4 is 34.4 Å². The highest BCUT2D eigenvalue weighted by Gasteiger charge is 2.23. The van der Waals surface area contributed by atoms with Crippen molar-refractivity contribution in [3.63, 3.8) is 0 Å². The van der Waals surface area contributed by atoms with Crippen LogP contribution in [-0.2, 0) is 4.79 Å². The van der Waals surface area contributed by atoms with Crippen LogP contribution < -0.4 is 10.1 Å². The predicted octanol–water partition coefficient (Wildman–Crippen LogP) is 1.42. The molecule has 0 spiro atoms.